The zero-order valence-corrected chi connectivity index (χ0v) is 18.7. The quantitative estimate of drug-likeness (QED) is 0.323. The third-order valence-electron chi connectivity index (χ3n) is 4.52. The Hall–Kier alpha value is -3.24. The van der Waals surface area contributed by atoms with Crippen molar-refractivity contribution in [2.24, 2.45) is 0 Å². The van der Waals surface area contributed by atoms with Crippen molar-refractivity contribution in [1.82, 2.24) is 9.55 Å². The molecule has 164 valence electrons. The molecule has 0 unspecified atom stereocenters. The first-order chi connectivity index (χ1) is 15.4. The van der Waals surface area contributed by atoms with Gasteiger partial charge in [-0.1, -0.05) is 17.8 Å². The molecule has 0 saturated heterocycles. The Morgan fingerprint density at radius 3 is 2.66 bits per heavy atom. The molecule has 0 atom stereocenters. The fourth-order valence-corrected chi connectivity index (χ4v) is 4.69. The second-order valence-corrected chi connectivity index (χ2v) is 8.70. The van der Waals surface area contributed by atoms with Crippen LogP contribution in [0.3, 0.4) is 0 Å². The first kappa shape index (κ1) is 22.0. The van der Waals surface area contributed by atoms with Gasteiger partial charge in [0.25, 0.3) is 5.56 Å². The highest BCUT2D eigenvalue weighted by molar-refractivity contribution is 7.99. The molecule has 0 spiro atoms. The smallest absolute Gasteiger partial charge is 0.276 e. The molecule has 0 bridgehead atoms. The van der Waals surface area contributed by atoms with Crippen LogP contribution in [0.25, 0.3) is 15.9 Å². The molecule has 0 radical (unpaired) electrons. The number of carbonyl (C=O) groups is 1. The topological polar surface area (TPSA) is 73.2 Å². The maximum absolute atomic E-state index is 13.8. The molecule has 0 saturated carbocycles. The summed E-state index contributed by atoms with van der Waals surface area (Å²) in [5.41, 5.74) is 1.46. The fraction of sp³-hybridized carbons (Fsp3) is 0.136. The van der Waals surface area contributed by atoms with Crippen LogP contribution in [0.4, 0.5) is 14.5 Å². The van der Waals surface area contributed by atoms with E-state index in [0.717, 1.165) is 40.1 Å². The molecule has 2 aromatic carbocycles. The average molecular weight is 474 g/mol. The van der Waals surface area contributed by atoms with Gasteiger partial charge in [-0.15, -0.1) is 11.3 Å². The summed E-state index contributed by atoms with van der Waals surface area (Å²) in [6.45, 7) is 1.89. The number of thioether (sulfide) groups is 1. The first-order valence-corrected chi connectivity index (χ1v) is 11.3. The van der Waals surface area contributed by atoms with E-state index in [9.17, 15) is 18.4 Å². The molecule has 0 aliphatic carbocycles. The number of methoxy groups -OCH3 is 1. The van der Waals surface area contributed by atoms with Gasteiger partial charge in [0, 0.05) is 6.07 Å². The van der Waals surface area contributed by atoms with Crippen LogP contribution in [-0.4, -0.2) is 28.3 Å². The maximum Gasteiger partial charge on any atom is 0.276 e. The Labute approximate surface area is 189 Å². The number of aromatic nitrogens is 2. The molecule has 4 aromatic rings. The highest BCUT2D eigenvalue weighted by Crippen LogP contribution is 2.27. The molecule has 32 heavy (non-hydrogen) atoms. The lowest BCUT2D eigenvalue weighted by Gasteiger charge is -2.13. The van der Waals surface area contributed by atoms with Gasteiger partial charge in [-0.25, -0.2) is 13.8 Å². The lowest BCUT2D eigenvalue weighted by atomic mass is 10.2. The summed E-state index contributed by atoms with van der Waals surface area (Å²) in [7, 11) is 1.51. The third kappa shape index (κ3) is 4.51. The number of hydrogen-bond donors (Lipinski definition) is 1. The fourth-order valence-electron chi connectivity index (χ4n) is 3.12. The van der Waals surface area contributed by atoms with Crippen LogP contribution in [0, 0.1) is 18.6 Å². The van der Waals surface area contributed by atoms with Crippen LogP contribution in [0.1, 0.15) is 5.56 Å². The van der Waals surface area contributed by atoms with E-state index in [-0.39, 0.29) is 22.5 Å². The predicted molar refractivity (Wildman–Crippen MR) is 122 cm³/mol. The molecule has 6 nitrogen and oxygen atoms in total. The molecule has 0 aliphatic heterocycles. The monoisotopic (exact) mass is 473 g/mol. The Bertz CT molecular complexity index is 1360. The number of hydrogen-bond acceptors (Lipinski definition) is 6. The highest BCUT2D eigenvalue weighted by atomic mass is 32.2. The van der Waals surface area contributed by atoms with E-state index in [2.05, 4.69) is 10.3 Å². The lowest BCUT2D eigenvalue weighted by molar-refractivity contribution is -0.113. The minimum absolute atomic E-state index is 0.00133. The zero-order chi connectivity index (χ0) is 22.8. The van der Waals surface area contributed by atoms with E-state index in [1.165, 1.54) is 18.4 Å². The van der Waals surface area contributed by atoms with Gasteiger partial charge in [0.05, 0.1) is 29.8 Å². The summed E-state index contributed by atoms with van der Waals surface area (Å²) in [6, 6.07) is 9.89. The van der Waals surface area contributed by atoms with Crippen LogP contribution in [0.15, 0.2) is 57.8 Å². The standard InChI is InChI=1S/C22H17F2N3O3S2/c1-12-3-4-18(30-2)17(7-12)25-19(28)11-32-22-26-16-5-6-31-20(16)21(29)27(22)15-9-13(23)8-14(24)10-15/h3-10H,11H2,1-2H3,(H,25,28). The molecule has 0 fully saturated rings. The summed E-state index contributed by atoms with van der Waals surface area (Å²) >= 11 is 2.18. The summed E-state index contributed by atoms with van der Waals surface area (Å²) in [5, 5.41) is 4.64. The van der Waals surface area contributed by atoms with Crippen molar-refractivity contribution in [3.05, 3.63) is 75.4 Å². The molecule has 1 N–H and O–H groups in total. The predicted octanol–water partition coefficient (Wildman–Crippen LogP) is 4.77. The molecule has 4 rings (SSSR count). The van der Waals surface area contributed by atoms with Crippen LogP contribution in [0.2, 0.25) is 0 Å². The zero-order valence-electron chi connectivity index (χ0n) is 17.0. The van der Waals surface area contributed by atoms with Crippen molar-refractivity contribution < 1.29 is 18.3 Å². The highest BCUT2D eigenvalue weighted by Gasteiger charge is 2.17. The Kier molecular flexibility index (Phi) is 6.24. The van der Waals surface area contributed by atoms with Crippen molar-refractivity contribution in [1.29, 1.82) is 0 Å². The van der Waals surface area contributed by atoms with E-state index in [1.807, 2.05) is 13.0 Å². The maximum atomic E-state index is 13.8. The second-order valence-electron chi connectivity index (χ2n) is 6.84. The van der Waals surface area contributed by atoms with Gasteiger partial charge in [0.2, 0.25) is 5.91 Å². The number of halogens is 2. The number of benzene rings is 2. The number of fused-ring (bicyclic) bond motifs is 1. The van der Waals surface area contributed by atoms with Gasteiger partial charge in [-0.2, -0.15) is 0 Å². The van der Waals surface area contributed by atoms with Crippen molar-refractivity contribution in [2.45, 2.75) is 12.1 Å². The summed E-state index contributed by atoms with van der Waals surface area (Å²) in [4.78, 5) is 30.1. The number of anilines is 1. The van der Waals surface area contributed by atoms with Crippen LogP contribution in [-0.2, 0) is 4.79 Å². The van der Waals surface area contributed by atoms with E-state index in [0.29, 0.717) is 21.7 Å². The second kappa shape index (κ2) is 9.09. The number of ether oxygens (including phenoxy) is 1. The van der Waals surface area contributed by atoms with E-state index >= 15 is 0 Å². The third-order valence-corrected chi connectivity index (χ3v) is 6.35. The number of amides is 1. The average Bonchev–Trinajstić information content (AvgIpc) is 3.21. The van der Waals surface area contributed by atoms with Gasteiger partial charge in [-0.05, 0) is 48.2 Å². The minimum atomic E-state index is -0.821. The molecule has 2 aromatic heterocycles. The Morgan fingerprint density at radius 1 is 1.19 bits per heavy atom. The number of rotatable bonds is 6. The van der Waals surface area contributed by atoms with Crippen LogP contribution >= 0.6 is 23.1 Å². The van der Waals surface area contributed by atoms with Crippen molar-refractivity contribution >= 4 is 44.9 Å². The molecule has 0 aliphatic rings. The van der Waals surface area contributed by atoms with Gasteiger partial charge < -0.3 is 10.1 Å². The van der Waals surface area contributed by atoms with Crippen LogP contribution < -0.4 is 15.6 Å². The normalized spacial score (nSPS) is 11.0. The number of nitrogens with one attached hydrogen (secondary N) is 1. The van der Waals surface area contributed by atoms with Gasteiger partial charge in [-0.3, -0.25) is 14.2 Å². The van der Waals surface area contributed by atoms with Crippen molar-refractivity contribution in [3.8, 4) is 11.4 Å². The summed E-state index contributed by atoms with van der Waals surface area (Å²) < 4.78 is 34.4. The van der Waals surface area contributed by atoms with Crippen molar-refractivity contribution in [2.75, 3.05) is 18.2 Å². The Morgan fingerprint density at radius 2 is 1.94 bits per heavy atom. The van der Waals surface area contributed by atoms with Gasteiger partial charge in [0.1, 0.15) is 22.1 Å². The largest absolute Gasteiger partial charge is 0.495 e. The van der Waals surface area contributed by atoms with Crippen LogP contribution in [0.5, 0.6) is 5.75 Å². The number of thiophene rings is 1. The van der Waals surface area contributed by atoms with E-state index in [1.54, 1.807) is 23.6 Å². The number of nitrogens with zero attached hydrogens (tertiary/aromatic N) is 2. The molecular formula is C22H17F2N3O3S2. The first-order valence-electron chi connectivity index (χ1n) is 9.39. The number of aryl methyl sites for hydroxylation is 1. The molecule has 1 amide bonds. The summed E-state index contributed by atoms with van der Waals surface area (Å²) in [5.74, 6) is -1.57. The molecule has 2 heterocycles. The van der Waals surface area contributed by atoms with Gasteiger partial charge >= 0.3 is 0 Å². The Balaban J connectivity index is 1.66. The summed E-state index contributed by atoms with van der Waals surface area (Å²) in [6.07, 6.45) is 0. The van der Waals surface area contributed by atoms with Crippen molar-refractivity contribution in [3.63, 3.8) is 0 Å². The van der Waals surface area contributed by atoms with E-state index in [4.69, 9.17) is 4.74 Å². The minimum Gasteiger partial charge on any atom is -0.495 e. The molecular weight excluding hydrogens is 456 g/mol. The van der Waals surface area contributed by atoms with E-state index < -0.39 is 17.2 Å². The lowest BCUT2D eigenvalue weighted by Crippen LogP contribution is -2.22. The SMILES string of the molecule is COc1ccc(C)cc1NC(=O)CSc1nc2ccsc2c(=O)n1-c1cc(F)cc(F)c1. The molecule has 10 heteroatoms. The van der Waals surface area contributed by atoms with Gasteiger partial charge in [0.15, 0.2) is 5.16 Å². The number of carbonyl (C=O) groups excluding carboxylic acids is 1.